The maximum absolute atomic E-state index is 12.3. The molecular weight excluding hydrogens is 335 g/mol. The molecule has 1 heterocycles. The fraction of sp³-hybridized carbons (Fsp3) is 0.214. The second-order valence-electron chi connectivity index (χ2n) is 4.47. The number of amides is 2. The van der Waals surface area contributed by atoms with Crippen molar-refractivity contribution in [2.45, 2.75) is 6.18 Å². The van der Waals surface area contributed by atoms with Crippen LogP contribution in [-0.4, -0.2) is 41.7 Å². The smallest absolute Gasteiger partial charge is 0.451 e. The Balaban J connectivity index is 2.20. The summed E-state index contributed by atoms with van der Waals surface area (Å²) in [5, 5.41) is -0.915. The number of rotatable bonds is 4. The normalized spacial score (nSPS) is 17.0. The third-order valence-electron chi connectivity index (χ3n) is 2.88. The van der Waals surface area contributed by atoms with E-state index in [9.17, 15) is 27.6 Å². The second kappa shape index (κ2) is 6.45. The molecule has 0 spiro atoms. The summed E-state index contributed by atoms with van der Waals surface area (Å²) in [6, 6.07) is 6.55. The number of benzene rings is 1. The Morgan fingerprint density at radius 3 is 2.65 bits per heavy atom. The maximum Gasteiger partial charge on any atom is 0.451 e. The van der Waals surface area contributed by atoms with Gasteiger partial charge in [0.05, 0.1) is 18.6 Å². The Morgan fingerprint density at radius 1 is 1.35 bits per heavy atom. The number of Topliss-reactive ketones (excluding diaryl/α,β-unsaturated/α-hetero) is 1. The Bertz CT molecular complexity index is 700. The summed E-state index contributed by atoms with van der Waals surface area (Å²) in [5.41, 5.74) is 0.539. The van der Waals surface area contributed by atoms with Crippen molar-refractivity contribution in [2.75, 3.05) is 13.7 Å². The minimum Gasteiger partial charge on any atom is -0.497 e. The van der Waals surface area contributed by atoms with Gasteiger partial charge in [-0.3, -0.25) is 19.3 Å². The van der Waals surface area contributed by atoms with Gasteiger partial charge in [-0.1, -0.05) is 12.1 Å². The Kier molecular flexibility index (Phi) is 4.79. The van der Waals surface area contributed by atoms with Gasteiger partial charge in [-0.05, 0) is 35.5 Å². The van der Waals surface area contributed by atoms with Crippen LogP contribution in [0, 0.1) is 0 Å². The van der Waals surface area contributed by atoms with Gasteiger partial charge in [-0.25, -0.2) is 0 Å². The summed E-state index contributed by atoms with van der Waals surface area (Å²) in [7, 11) is 1.45. The Hall–Kier alpha value is -2.29. The van der Waals surface area contributed by atoms with Crippen molar-refractivity contribution in [3.63, 3.8) is 0 Å². The minimum absolute atomic E-state index is 0.0572. The van der Waals surface area contributed by atoms with Crippen molar-refractivity contribution in [2.24, 2.45) is 0 Å². The zero-order valence-corrected chi connectivity index (χ0v) is 12.5. The van der Waals surface area contributed by atoms with Crippen LogP contribution < -0.4 is 4.74 Å². The molecule has 0 atom stereocenters. The topological polar surface area (TPSA) is 63.7 Å². The Labute approximate surface area is 133 Å². The molecule has 0 aliphatic carbocycles. The molecule has 1 aliphatic heterocycles. The number of methoxy groups -OCH3 is 1. The lowest BCUT2D eigenvalue weighted by atomic mass is 10.2. The van der Waals surface area contributed by atoms with Crippen LogP contribution in [0.1, 0.15) is 5.56 Å². The van der Waals surface area contributed by atoms with Gasteiger partial charge in [-0.2, -0.15) is 13.2 Å². The number of hydrogen-bond acceptors (Lipinski definition) is 5. The van der Waals surface area contributed by atoms with Crippen LogP contribution in [0.3, 0.4) is 0 Å². The summed E-state index contributed by atoms with van der Waals surface area (Å²) in [5.74, 6) is -2.56. The first-order valence-corrected chi connectivity index (χ1v) is 7.03. The number of alkyl halides is 3. The van der Waals surface area contributed by atoms with Crippen molar-refractivity contribution in [3.8, 4) is 5.75 Å². The van der Waals surface area contributed by atoms with Crippen LogP contribution in [-0.2, 0) is 9.59 Å². The van der Waals surface area contributed by atoms with Crippen molar-refractivity contribution in [1.82, 2.24) is 4.90 Å². The van der Waals surface area contributed by atoms with Gasteiger partial charge in [0.2, 0.25) is 0 Å². The van der Waals surface area contributed by atoms with E-state index in [0.29, 0.717) is 23.1 Å². The third-order valence-corrected chi connectivity index (χ3v) is 3.79. The van der Waals surface area contributed by atoms with Crippen LogP contribution in [0.5, 0.6) is 5.75 Å². The quantitative estimate of drug-likeness (QED) is 0.785. The molecule has 122 valence electrons. The first-order valence-electron chi connectivity index (χ1n) is 6.22. The molecular formula is C14H10F3NO4S. The van der Waals surface area contributed by atoms with E-state index in [-0.39, 0.29) is 9.81 Å². The van der Waals surface area contributed by atoms with Gasteiger partial charge in [0, 0.05) is 0 Å². The highest BCUT2D eigenvalue weighted by Gasteiger charge is 2.44. The minimum atomic E-state index is -5.09. The SMILES string of the molecule is COc1cccc(/C=C2\SC(=O)N(CC(=O)C(F)(F)F)C2=O)c1. The first-order chi connectivity index (χ1) is 10.7. The number of carbonyl (C=O) groups excluding carboxylic acids is 3. The van der Waals surface area contributed by atoms with Crippen molar-refractivity contribution in [1.29, 1.82) is 0 Å². The standard InChI is InChI=1S/C14H10F3NO4S/c1-22-9-4-2-3-8(5-9)6-10-12(20)18(13(21)23-10)7-11(19)14(15,16)17/h2-6H,7H2,1H3/b10-6-. The highest BCUT2D eigenvalue weighted by Crippen LogP contribution is 2.33. The van der Waals surface area contributed by atoms with E-state index in [2.05, 4.69) is 0 Å². The molecule has 1 aliphatic rings. The second-order valence-corrected chi connectivity index (χ2v) is 5.46. The van der Waals surface area contributed by atoms with E-state index in [1.165, 1.54) is 13.2 Å². The van der Waals surface area contributed by atoms with Gasteiger partial charge in [0.1, 0.15) is 5.75 Å². The molecule has 2 rings (SSSR count). The highest BCUT2D eigenvalue weighted by molar-refractivity contribution is 8.18. The number of hydrogen-bond donors (Lipinski definition) is 0. The number of halogens is 3. The van der Waals surface area contributed by atoms with E-state index in [1.807, 2.05) is 0 Å². The predicted octanol–water partition coefficient (Wildman–Crippen LogP) is 2.86. The zero-order valence-electron chi connectivity index (χ0n) is 11.7. The summed E-state index contributed by atoms with van der Waals surface area (Å²) >= 11 is 0.481. The fourth-order valence-electron chi connectivity index (χ4n) is 1.75. The molecule has 2 amide bonds. The predicted molar refractivity (Wildman–Crippen MR) is 76.7 cm³/mol. The number of nitrogens with zero attached hydrogens (tertiary/aromatic N) is 1. The van der Waals surface area contributed by atoms with Gasteiger partial charge in [-0.15, -0.1) is 0 Å². The molecule has 1 aromatic rings. The molecule has 0 saturated carbocycles. The number of ketones is 1. The van der Waals surface area contributed by atoms with Crippen LogP contribution in [0.4, 0.5) is 18.0 Å². The monoisotopic (exact) mass is 345 g/mol. The van der Waals surface area contributed by atoms with E-state index in [4.69, 9.17) is 4.74 Å². The third kappa shape index (κ3) is 3.92. The van der Waals surface area contributed by atoms with Crippen LogP contribution in [0.25, 0.3) is 6.08 Å². The summed E-state index contributed by atoms with van der Waals surface area (Å²) < 4.78 is 41.8. The number of thioether (sulfide) groups is 1. The van der Waals surface area contributed by atoms with Gasteiger partial charge >= 0.3 is 6.18 Å². The average Bonchev–Trinajstić information content (AvgIpc) is 2.74. The summed E-state index contributed by atoms with van der Waals surface area (Å²) in [6.45, 7) is -1.32. The molecule has 5 nitrogen and oxygen atoms in total. The fourth-order valence-corrected chi connectivity index (χ4v) is 2.59. The summed E-state index contributed by atoms with van der Waals surface area (Å²) in [6.07, 6.45) is -3.74. The molecule has 0 N–H and O–H groups in total. The lowest BCUT2D eigenvalue weighted by molar-refractivity contribution is -0.171. The van der Waals surface area contributed by atoms with E-state index in [0.717, 1.165) is 0 Å². The van der Waals surface area contributed by atoms with Crippen LogP contribution in [0.15, 0.2) is 29.2 Å². The highest BCUT2D eigenvalue weighted by atomic mass is 32.2. The van der Waals surface area contributed by atoms with Crippen molar-refractivity contribution >= 4 is 34.8 Å². The van der Waals surface area contributed by atoms with Gasteiger partial charge in [0.25, 0.3) is 16.9 Å². The molecule has 1 saturated heterocycles. The van der Waals surface area contributed by atoms with Gasteiger partial charge in [0.15, 0.2) is 0 Å². The lowest BCUT2D eigenvalue weighted by Crippen LogP contribution is -2.39. The molecule has 9 heteroatoms. The average molecular weight is 345 g/mol. The van der Waals surface area contributed by atoms with E-state index < -0.39 is 29.7 Å². The molecule has 1 aromatic carbocycles. The molecule has 0 unspecified atom stereocenters. The van der Waals surface area contributed by atoms with E-state index in [1.54, 1.807) is 24.3 Å². The number of imide groups is 1. The van der Waals surface area contributed by atoms with E-state index >= 15 is 0 Å². The molecule has 0 aromatic heterocycles. The Morgan fingerprint density at radius 2 is 2.04 bits per heavy atom. The summed E-state index contributed by atoms with van der Waals surface area (Å²) in [4.78, 5) is 34.8. The zero-order chi connectivity index (χ0) is 17.2. The van der Waals surface area contributed by atoms with Crippen LogP contribution in [0.2, 0.25) is 0 Å². The molecule has 0 radical (unpaired) electrons. The molecule has 0 bridgehead atoms. The van der Waals surface area contributed by atoms with Crippen molar-refractivity contribution < 1.29 is 32.3 Å². The maximum atomic E-state index is 12.3. The van der Waals surface area contributed by atoms with Crippen LogP contribution >= 0.6 is 11.8 Å². The van der Waals surface area contributed by atoms with Gasteiger partial charge < -0.3 is 4.74 Å². The largest absolute Gasteiger partial charge is 0.497 e. The first kappa shape index (κ1) is 17.1. The van der Waals surface area contributed by atoms with Crippen molar-refractivity contribution in [3.05, 3.63) is 34.7 Å². The number of carbonyl (C=O) groups is 3. The lowest BCUT2D eigenvalue weighted by Gasteiger charge is -2.12. The number of ether oxygens (including phenoxy) is 1. The molecule has 23 heavy (non-hydrogen) atoms. The molecule has 1 fully saturated rings.